The van der Waals surface area contributed by atoms with Crippen LogP contribution in [0.2, 0.25) is 0 Å². The van der Waals surface area contributed by atoms with Crippen molar-refractivity contribution in [3.8, 4) is 23.0 Å². The normalized spacial score (nSPS) is 19.6. The maximum Gasteiger partial charge on any atom is 0.407 e. The highest BCUT2D eigenvalue weighted by Crippen LogP contribution is 2.37. The number of alkyl halides is 2. The van der Waals surface area contributed by atoms with E-state index in [-0.39, 0.29) is 59.3 Å². The molecule has 10 nitrogen and oxygen atoms in total. The van der Waals surface area contributed by atoms with Crippen molar-refractivity contribution in [3.63, 3.8) is 0 Å². The Kier molecular flexibility index (Phi) is 8.61. The summed E-state index contributed by atoms with van der Waals surface area (Å²) in [6.45, 7) is -0.210. The molecular weight excluding hydrogens is 526 g/mol. The zero-order valence-corrected chi connectivity index (χ0v) is 21.7. The Bertz CT molecular complexity index is 1150. The van der Waals surface area contributed by atoms with E-state index in [1.54, 1.807) is 11.8 Å². The van der Waals surface area contributed by atoms with E-state index in [1.807, 2.05) is 0 Å². The van der Waals surface area contributed by atoms with E-state index in [0.29, 0.717) is 37.6 Å². The molecule has 2 saturated carbocycles. The molecule has 0 radical (unpaired) electrons. The van der Waals surface area contributed by atoms with Gasteiger partial charge in [-0.3, -0.25) is 4.79 Å². The van der Waals surface area contributed by atoms with Gasteiger partial charge in [0, 0.05) is 18.7 Å². The number of nitrogens with two attached hydrogens (primary N) is 1. The van der Waals surface area contributed by atoms with Crippen molar-refractivity contribution in [2.24, 2.45) is 11.7 Å². The average molecular weight is 557 g/mol. The quantitative estimate of drug-likeness (QED) is 0.444. The molecular formula is C25H31ClF2N4O6. The molecule has 2 aromatic rings. The maximum absolute atomic E-state index is 13.3. The number of nitrogens with zero attached hydrogens (tertiary/aromatic N) is 2. The number of hydrogen-bond donors (Lipinski definition) is 2. The number of amides is 2. The largest absolute Gasteiger partial charge is 0.489 e. The Morgan fingerprint density at radius 1 is 1.21 bits per heavy atom. The highest BCUT2D eigenvalue weighted by molar-refractivity contribution is 5.94. The number of carbonyl (C=O) groups excluding carboxylic acids is 2. The molecule has 5 rings (SSSR count). The van der Waals surface area contributed by atoms with Crippen LogP contribution in [-0.2, 0) is 4.74 Å². The van der Waals surface area contributed by atoms with Gasteiger partial charge in [0.05, 0.1) is 18.7 Å². The highest BCUT2D eigenvalue weighted by atomic mass is 35.5. The smallest absolute Gasteiger partial charge is 0.407 e. The highest BCUT2D eigenvalue weighted by Gasteiger charge is 2.34. The van der Waals surface area contributed by atoms with Crippen molar-refractivity contribution in [1.82, 2.24) is 15.2 Å². The summed E-state index contributed by atoms with van der Waals surface area (Å²) >= 11 is 0. The minimum atomic E-state index is -3.00. The zero-order chi connectivity index (χ0) is 26.1. The van der Waals surface area contributed by atoms with E-state index in [1.165, 1.54) is 18.2 Å². The lowest BCUT2D eigenvalue weighted by Gasteiger charge is -2.16. The van der Waals surface area contributed by atoms with Crippen molar-refractivity contribution in [3.05, 3.63) is 29.7 Å². The SMILES string of the molecule is C[C@H](N)c1oc(-c2ccc(OC(F)F)c(OCC3CC3)c2)nc1C(=O)N1CC[C@@H](NC(=O)OC2CC2)C1.Cl. The average Bonchev–Trinajstić information content (AvgIpc) is 3.76. The Morgan fingerprint density at radius 2 is 1.97 bits per heavy atom. The predicted molar refractivity (Wildman–Crippen MR) is 134 cm³/mol. The van der Waals surface area contributed by atoms with Crippen LogP contribution in [0.1, 0.15) is 61.3 Å². The van der Waals surface area contributed by atoms with E-state index < -0.39 is 18.7 Å². The first-order valence-electron chi connectivity index (χ1n) is 12.5. The van der Waals surface area contributed by atoms with E-state index in [0.717, 1.165) is 25.7 Å². The van der Waals surface area contributed by atoms with Crippen LogP contribution in [0.3, 0.4) is 0 Å². The molecule has 2 aliphatic carbocycles. The number of ether oxygens (including phenoxy) is 3. The van der Waals surface area contributed by atoms with Crippen LogP contribution in [0.15, 0.2) is 22.6 Å². The molecule has 2 heterocycles. The minimum Gasteiger partial charge on any atom is -0.489 e. The third-order valence-electron chi connectivity index (χ3n) is 6.44. The number of oxazole rings is 1. The Balaban J connectivity index is 0.00000336. The van der Waals surface area contributed by atoms with E-state index in [9.17, 15) is 18.4 Å². The molecule has 3 fully saturated rings. The van der Waals surface area contributed by atoms with Crippen LogP contribution in [0.5, 0.6) is 11.5 Å². The lowest BCUT2D eigenvalue weighted by Crippen LogP contribution is -2.39. The van der Waals surface area contributed by atoms with E-state index in [4.69, 9.17) is 19.6 Å². The van der Waals surface area contributed by atoms with Gasteiger partial charge in [0.1, 0.15) is 6.10 Å². The Morgan fingerprint density at radius 3 is 2.63 bits per heavy atom. The first kappa shape index (κ1) is 27.9. The fraction of sp³-hybridized carbons (Fsp3) is 0.560. The molecule has 13 heteroatoms. The summed E-state index contributed by atoms with van der Waals surface area (Å²) < 4.78 is 47.2. The maximum atomic E-state index is 13.3. The van der Waals surface area contributed by atoms with Gasteiger partial charge in [0.25, 0.3) is 5.91 Å². The lowest BCUT2D eigenvalue weighted by molar-refractivity contribution is -0.0515. The molecule has 3 aliphatic rings. The van der Waals surface area contributed by atoms with Crippen LogP contribution in [-0.4, -0.2) is 60.3 Å². The fourth-order valence-electron chi connectivity index (χ4n) is 4.11. The third kappa shape index (κ3) is 6.84. The van der Waals surface area contributed by atoms with Gasteiger partial charge in [0.2, 0.25) is 5.89 Å². The van der Waals surface area contributed by atoms with Crippen LogP contribution in [0, 0.1) is 5.92 Å². The summed E-state index contributed by atoms with van der Waals surface area (Å²) in [5.41, 5.74) is 6.58. The molecule has 0 unspecified atom stereocenters. The summed E-state index contributed by atoms with van der Waals surface area (Å²) in [6.07, 6.45) is 3.93. The van der Waals surface area contributed by atoms with Gasteiger partial charge in [-0.1, -0.05) is 0 Å². The first-order chi connectivity index (χ1) is 17.8. The van der Waals surface area contributed by atoms with Crippen LogP contribution < -0.4 is 20.5 Å². The lowest BCUT2D eigenvalue weighted by atomic mass is 10.2. The number of likely N-dealkylation sites (tertiary alicyclic amines) is 1. The van der Waals surface area contributed by atoms with Crippen LogP contribution in [0.25, 0.3) is 11.5 Å². The molecule has 2 amide bonds. The minimum absolute atomic E-state index is 0. The van der Waals surface area contributed by atoms with Crippen molar-refractivity contribution in [1.29, 1.82) is 0 Å². The van der Waals surface area contributed by atoms with Crippen molar-refractivity contribution in [2.75, 3.05) is 19.7 Å². The summed E-state index contributed by atoms with van der Waals surface area (Å²) in [4.78, 5) is 31.3. The molecule has 1 aromatic carbocycles. The topological polar surface area (TPSA) is 129 Å². The summed E-state index contributed by atoms with van der Waals surface area (Å²) in [5.74, 6) is 0.392. The number of hydrogen-bond acceptors (Lipinski definition) is 8. The van der Waals surface area contributed by atoms with Gasteiger partial charge >= 0.3 is 12.7 Å². The number of halogens is 3. The van der Waals surface area contributed by atoms with Gasteiger partial charge in [-0.15, -0.1) is 12.4 Å². The standard InChI is InChI=1S/C25H30F2N4O6.ClH/c1-13(28)21-20(23(32)31-9-8-16(11-31)29-25(33)35-17-5-6-17)30-22(37-21)15-4-7-18(36-24(26)27)19(10-15)34-12-14-2-3-14;/h4,7,10,13-14,16-17,24H,2-3,5-6,8-9,11-12,28H2,1H3,(H,29,33);1H/t13-,16+;/m0./s1. The molecule has 208 valence electrons. The zero-order valence-electron chi connectivity index (χ0n) is 20.9. The second kappa shape index (κ2) is 11.7. The molecule has 1 saturated heterocycles. The predicted octanol–water partition coefficient (Wildman–Crippen LogP) is 4.28. The summed E-state index contributed by atoms with van der Waals surface area (Å²) in [7, 11) is 0. The van der Waals surface area contributed by atoms with Gasteiger partial charge < -0.3 is 34.6 Å². The number of nitrogens with one attached hydrogen (secondary N) is 1. The van der Waals surface area contributed by atoms with E-state index >= 15 is 0 Å². The number of aromatic nitrogens is 1. The second-order valence-corrected chi connectivity index (χ2v) is 9.80. The second-order valence-electron chi connectivity index (χ2n) is 9.80. The van der Waals surface area contributed by atoms with E-state index in [2.05, 4.69) is 15.0 Å². The van der Waals surface area contributed by atoms with Gasteiger partial charge in [0.15, 0.2) is 23.0 Å². The van der Waals surface area contributed by atoms with Crippen molar-refractivity contribution in [2.45, 2.75) is 63.8 Å². The Labute approximate surface area is 224 Å². The van der Waals surface area contributed by atoms with Crippen molar-refractivity contribution < 1.29 is 37.0 Å². The fourth-order valence-corrected chi connectivity index (χ4v) is 4.11. The summed E-state index contributed by atoms with van der Waals surface area (Å²) in [5, 5.41) is 2.80. The molecule has 3 N–H and O–H groups in total. The number of alkyl carbamates (subject to hydrolysis) is 1. The first-order valence-corrected chi connectivity index (χ1v) is 12.5. The number of benzene rings is 1. The molecule has 1 aliphatic heterocycles. The van der Waals surface area contributed by atoms with Gasteiger partial charge in [-0.05, 0) is 63.1 Å². The van der Waals surface area contributed by atoms with Crippen LogP contribution >= 0.6 is 12.4 Å². The number of carbonyl (C=O) groups is 2. The molecule has 0 spiro atoms. The third-order valence-corrected chi connectivity index (χ3v) is 6.44. The molecule has 1 aromatic heterocycles. The molecule has 2 atom stereocenters. The monoisotopic (exact) mass is 556 g/mol. The number of rotatable bonds is 10. The molecule has 0 bridgehead atoms. The van der Waals surface area contributed by atoms with Crippen molar-refractivity contribution >= 4 is 24.4 Å². The van der Waals surface area contributed by atoms with Gasteiger partial charge in [-0.25, -0.2) is 9.78 Å². The van der Waals surface area contributed by atoms with Gasteiger partial charge in [-0.2, -0.15) is 8.78 Å². The Hall–Kier alpha value is -3.12. The van der Waals surface area contributed by atoms with Crippen LogP contribution in [0.4, 0.5) is 13.6 Å². The summed E-state index contributed by atoms with van der Waals surface area (Å²) in [6, 6.07) is 3.52. The molecule has 38 heavy (non-hydrogen) atoms.